The number of pyridine rings is 1. The van der Waals surface area contributed by atoms with E-state index in [2.05, 4.69) is 25.3 Å². The molecule has 0 spiro atoms. The van der Waals surface area contributed by atoms with Crippen LogP contribution in [0.4, 0.5) is 5.95 Å². The molecule has 100 valence electrons. The predicted molar refractivity (Wildman–Crippen MR) is 70.3 cm³/mol. The number of nitrogens with one attached hydrogen (secondary N) is 1. The molecule has 0 saturated carbocycles. The number of hydrogen-bond acceptors (Lipinski definition) is 7. The Labute approximate surface area is 111 Å². The number of aromatic nitrogens is 4. The van der Waals surface area contributed by atoms with Crippen LogP contribution in [0.3, 0.4) is 0 Å². The first kappa shape index (κ1) is 13.0. The van der Waals surface area contributed by atoms with Crippen molar-refractivity contribution in [3.05, 3.63) is 18.5 Å². The lowest BCUT2D eigenvalue weighted by molar-refractivity contribution is 0.312. The summed E-state index contributed by atoms with van der Waals surface area (Å²) in [5, 5.41) is 2.87. The van der Waals surface area contributed by atoms with E-state index in [0.717, 1.165) is 5.56 Å². The van der Waals surface area contributed by atoms with E-state index < -0.39 is 0 Å². The molecular formula is C12H15N5O2. The first-order chi connectivity index (χ1) is 9.26. The van der Waals surface area contributed by atoms with E-state index in [0.29, 0.717) is 24.1 Å². The Morgan fingerprint density at radius 2 is 2.05 bits per heavy atom. The molecule has 0 aromatic carbocycles. The number of rotatable bonds is 5. The summed E-state index contributed by atoms with van der Waals surface area (Å²) < 4.78 is 10.4. The summed E-state index contributed by atoms with van der Waals surface area (Å²) in [6.45, 7) is 2.36. The molecule has 1 N–H and O–H groups in total. The van der Waals surface area contributed by atoms with Gasteiger partial charge in [-0.2, -0.15) is 15.0 Å². The Morgan fingerprint density at radius 3 is 2.74 bits per heavy atom. The van der Waals surface area contributed by atoms with Crippen LogP contribution in [0.2, 0.25) is 0 Å². The third kappa shape index (κ3) is 3.06. The summed E-state index contributed by atoms with van der Waals surface area (Å²) in [5.41, 5.74) is 0.735. The lowest BCUT2D eigenvalue weighted by Gasteiger charge is -2.07. The van der Waals surface area contributed by atoms with Gasteiger partial charge in [0.1, 0.15) is 5.75 Å². The van der Waals surface area contributed by atoms with Gasteiger partial charge >= 0.3 is 6.01 Å². The van der Waals surface area contributed by atoms with Crippen molar-refractivity contribution in [3.8, 4) is 23.1 Å². The van der Waals surface area contributed by atoms with Gasteiger partial charge in [-0.05, 0) is 13.0 Å². The lowest BCUT2D eigenvalue weighted by Crippen LogP contribution is -2.05. The summed E-state index contributed by atoms with van der Waals surface area (Å²) in [4.78, 5) is 16.7. The molecule has 0 saturated heterocycles. The minimum atomic E-state index is 0.277. The molecule has 0 atom stereocenters. The summed E-state index contributed by atoms with van der Waals surface area (Å²) in [5.74, 6) is 1.56. The zero-order chi connectivity index (χ0) is 13.7. The van der Waals surface area contributed by atoms with Crippen LogP contribution in [0.25, 0.3) is 11.4 Å². The van der Waals surface area contributed by atoms with E-state index in [-0.39, 0.29) is 6.01 Å². The smallest absolute Gasteiger partial charge is 0.321 e. The van der Waals surface area contributed by atoms with Gasteiger partial charge < -0.3 is 14.8 Å². The quantitative estimate of drug-likeness (QED) is 0.870. The van der Waals surface area contributed by atoms with E-state index in [4.69, 9.17) is 9.47 Å². The average molecular weight is 261 g/mol. The molecule has 0 unspecified atom stereocenters. The van der Waals surface area contributed by atoms with Crippen molar-refractivity contribution < 1.29 is 9.47 Å². The highest BCUT2D eigenvalue weighted by atomic mass is 16.5. The van der Waals surface area contributed by atoms with Crippen molar-refractivity contribution >= 4 is 5.95 Å². The molecule has 2 aromatic rings. The summed E-state index contributed by atoms with van der Waals surface area (Å²) in [7, 11) is 3.32. The van der Waals surface area contributed by atoms with Gasteiger partial charge in [-0.15, -0.1) is 0 Å². The van der Waals surface area contributed by atoms with Crippen LogP contribution in [-0.4, -0.2) is 40.7 Å². The van der Waals surface area contributed by atoms with Crippen LogP contribution in [-0.2, 0) is 0 Å². The van der Waals surface area contributed by atoms with Crippen LogP contribution in [0.5, 0.6) is 11.8 Å². The fraction of sp³-hybridized carbons (Fsp3) is 0.333. The number of ether oxygens (including phenoxy) is 2. The van der Waals surface area contributed by atoms with Gasteiger partial charge in [-0.25, -0.2) is 0 Å². The van der Waals surface area contributed by atoms with Crippen molar-refractivity contribution in [2.24, 2.45) is 0 Å². The third-order valence-corrected chi connectivity index (χ3v) is 2.32. The molecule has 0 aliphatic rings. The Balaban J connectivity index is 2.44. The molecule has 0 aliphatic carbocycles. The highest BCUT2D eigenvalue weighted by molar-refractivity contribution is 5.57. The molecule has 2 heterocycles. The monoisotopic (exact) mass is 261 g/mol. The Hall–Kier alpha value is -2.44. The van der Waals surface area contributed by atoms with Crippen LogP contribution in [0.1, 0.15) is 6.92 Å². The van der Waals surface area contributed by atoms with Crippen LogP contribution < -0.4 is 14.8 Å². The first-order valence-corrected chi connectivity index (χ1v) is 5.83. The van der Waals surface area contributed by atoms with Crippen molar-refractivity contribution in [3.63, 3.8) is 0 Å². The van der Waals surface area contributed by atoms with E-state index in [1.165, 1.54) is 0 Å². The molecule has 19 heavy (non-hydrogen) atoms. The van der Waals surface area contributed by atoms with E-state index in [1.54, 1.807) is 32.6 Å². The molecule has 0 bridgehead atoms. The zero-order valence-corrected chi connectivity index (χ0v) is 11.0. The molecule has 0 fully saturated rings. The van der Waals surface area contributed by atoms with Crippen LogP contribution in [0, 0.1) is 0 Å². The maximum absolute atomic E-state index is 5.31. The molecule has 0 aliphatic heterocycles. The predicted octanol–water partition coefficient (Wildman–Crippen LogP) is 1.38. The molecule has 0 amide bonds. The number of hydrogen-bond donors (Lipinski definition) is 1. The Bertz CT molecular complexity index is 562. The number of anilines is 1. The fourth-order valence-corrected chi connectivity index (χ4v) is 1.44. The van der Waals surface area contributed by atoms with Crippen molar-refractivity contribution in [2.45, 2.75) is 6.92 Å². The van der Waals surface area contributed by atoms with E-state index >= 15 is 0 Å². The van der Waals surface area contributed by atoms with Gasteiger partial charge in [0.25, 0.3) is 0 Å². The minimum Gasteiger partial charge on any atom is -0.495 e. The Morgan fingerprint density at radius 1 is 1.21 bits per heavy atom. The van der Waals surface area contributed by atoms with Crippen LogP contribution in [0.15, 0.2) is 18.5 Å². The molecule has 2 aromatic heterocycles. The normalized spacial score (nSPS) is 10.1. The van der Waals surface area contributed by atoms with Crippen molar-refractivity contribution in [1.82, 2.24) is 19.9 Å². The van der Waals surface area contributed by atoms with E-state index in [1.807, 2.05) is 6.92 Å². The molecular weight excluding hydrogens is 246 g/mol. The standard InChI is InChI=1S/C12H15N5O2/c1-4-19-12-16-10(15-11(13-2)17-12)8-5-9(18-3)7-14-6-8/h5-7H,4H2,1-3H3,(H,13,15,16,17). The third-order valence-electron chi connectivity index (χ3n) is 2.32. The van der Waals surface area contributed by atoms with Gasteiger partial charge in [-0.3, -0.25) is 4.98 Å². The number of nitrogens with zero attached hydrogens (tertiary/aromatic N) is 4. The molecule has 2 rings (SSSR count). The van der Waals surface area contributed by atoms with Gasteiger partial charge in [-0.1, -0.05) is 0 Å². The Kier molecular flexibility index (Phi) is 4.07. The van der Waals surface area contributed by atoms with E-state index in [9.17, 15) is 0 Å². The maximum Gasteiger partial charge on any atom is 0.321 e. The van der Waals surface area contributed by atoms with Gasteiger partial charge in [0.15, 0.2) is 5.82 Å². The second kappa shape index (κ2) is 5.94. The van der Waals surface area contributed by atoms with Gasteiger partial charge in [0.2, 0.25) is 5.95 Å². The second-order valence-corrected chi connectivity index (χ2v) is 3.56. The van der Waals surface area contributed by atoms with Crippen LogP contribution >= 0.6 is 0 Å². The lowest BCUT2D eigenvalue weighted by atomic mass is 10.2. The molecule has 0 radical (unpaired) electrons. The van der Waals surface area contributed by atoms with Crippen molar-refractivity contribution in [1.29, 1.82) is 0 Å². The largest absolute Gasteiger partial charge is 0.495 e. The zero-order valence-electron chi connectivity index (χ0n) is 11.0. The topological polar surface area (TPSA) is 82.0 Å². The fourth-order valence-electron chi connectivity index (χ4n) is 1.44. The summed E-state index contributed by atoms with van der Waals surface area (Å²) in [6, 6.07) is 2.08. The van der Waals surface area contributed by atoms with Crippen molar-refractivity contribution in [2.75, 3.05) is 26.1 Å². The summed E-state index contributed by atoms with van der Waals surface area (Å²) >= 11 is 0. The molecule has 7 heteroatoms. The molecule has 7 nitrogen and oxygen atoms in total. The van der Waals surface area contributed by atoms with Gasteiger partial charge in [0.05, 0.1) is 19.9 Å². The SMILES string of the molecule is CCOc1nc(NC)nc(-c2cncc(OC)c2)n1. The minimum absolute atomic E-state index is 0.277. The average Bonchev–Trinajstić information content (AvgIpc) is 2.47. The highest BCUT2D eigenvalue weighted by Crippen LogP contribution is 2.21. The van der Waals surface area contributed by atoms with Gasteiger partial charge in [0, 0.05) is 18.8 Å². The second-order valence-electron chi connectivity index (χ2n) is 3.56. The number of methoxy groups -OCH3 is 1. The maximum atomic E-state index is 5.31. The summed E-state index contributed by atoms with van der Waals surface area (Å²) in [6.07, 6.45) is 3.28. The highest BCUT2D eigenvalue weighted by Gasteiger charge is 2.09. The first-order valence-electron chi connectivity index (χ1n) is 5.83.